The van der Waals surface area contributed by atoms with Gasteiger partial charge in [-0.15, -0.1) is 0 Å². The van der Waals surface area contributed by atoms with E-state index in [0.717, 1.165) is 5.56 Å². The number of carbonyl (C=O) groups is 2. The first-order valence-corrected chi connectivity index (χ1v) is 7.90. The number of hydrogen-bond acceptors (Lipinski definition) is 4. The summed E-state index contributed by atoms with van der Waals surface area (Å²) in [6, 6.07) is 14.4. The topological polar surface area (TPSA) is 64.6 Å². The molecule has 132 valence electrons. The fourth-order valence-electron chi connectivity index (χ4n) is 2.25. The molecule has 1 N–H and O–H groups in total. The Labute approximate surface area is 145 Å². The van der Waals surface area contributed by atoms with Gasteiger partial charge in [-0.25, -0.2) is 4.39 Å². The first kappa shape index (κ1) is 18.4. The molecule has 6 heteroatoms. The van der Waals surface area contributed by atoms with Gasteiger partial charge in [0.05, 0.1) is 12.5 Å². The molecule has 0 aliphatic heterocycles. The minimum atomic E-state index is -0.441. The summed E-state index contributed by atoms with van der Waals surface area (Å²) in [6.07, 6.45) is 0.0279. The van der Waals surface area contributed by atoms with Crippen LogP contribution in [0.1, 0.15) is 24.9 Å². The van der Waals surface area contributed by atoms with Crippen LogP contribution in [0.15, 0.2) is 54.6 Å². The molecule has 0 bridgehead atoms. The molecular formula is C19H20FNO4. The predicted octanol–water partition coefficient (Wildman–Crippen LogP) is 3.02. The van der Waals surface area contributed by atoms with Crippen molar-refractivity contribution in [3.8, 4) is 5.75 Å². The molecule has 0 heterocycles. The molecule has 0 aliphatic carbocycles. The molecule has 5 nitrogen and oxygen atoms in total. The van der Waals surface area contributed by atoms with Crippen LogP contribution in [0.2, 0.25) is 0 Å². The summed E-state index contributed by atoms with van der Waals surface area (Å²) >= 11 is 0. The van der Waals surface area contributed by atoms with Crippen molar-refractivity contribution in [1.82, 2.24) is 5.32 Å². The van der Waals surface area contributed by atoms with E-state index in [2.05, 4.69) is 5.32 Å². The molecular weight excluding hydrogens is 325 g/mol. The number of hydrogen-bond donors (Lipinski definition) is 1. The number of amides is 1. The van der Waals surface area contributed by atoms with E-state index >= 15 is 0 Å². The van der Waals surface area contributed by atoms with Gasteiger partial charge in [-0.05, 0) is 29.8 Å². The fourth-order valence-corrected chi connectivity index (χ4v) is 2.25. The van der Waals surface area contributed by atoms with Crippen LogP contribution < -0.4 is 10.1 Å². The Balaban J connectivity index is 1.78. The van der Waals surface area contributed by atoms with Crippen molar-refractivity contribution in [2.75, 3.05) is 13.2 Å². The van der Waals surface area contributed by atoms with E-state index in [1.165, 1.54) is 31.2 Å². The van der Waals surface area contributed by atoms with Crippen molar-refractivity contribution in [1.29, 1.82) is 0 Å². The maximum Gasteiger partial charge on any atom is 0.308 e. The third-order valence-electron chi connectivity index (χ3n) is 3.38. The number of benzene rings is 2. The van der Waals surface area contributed by atoms with Crippen LogP contribution in [0.4, 0.5) is 4.39 Å². The van der Waals surface area contributed by atoms with Crippen molar-refractivity contribution in [2.45, 2.75) is 19.4 Å². The third-order valence-corrected chi connectivity index (χ3v) is 3.38. The molecule has 1 atom stereocenters. The largest absolute Gasteiger partial charge is 0.490 e. The number of ether oxygens (including phenoxy) is 2. The van der Waals surface area contributed by atoms with Crippen molar-refractivity contribution in [3.05, 3.63) is 66.0 Å². The van der Waals surface area contributed by atoms with E-state index in [0.29, 0.717) is 5.75 Å². The lowest BCUT2D eigenvalue weighted by molar-refractivity contribution is -0.145. The molecule has 0 unspecified atom stereocenters. The van der Waals surface area contributed by atoms with Gasteiger partial charge in [0.1, 0.15) is 24.8 Å². The maximum atomic E-state index is 12.8. The van der Waals surface area contributed by atoms with Crippen molar-refractivity contribution >= 4 is 11.9 Å². The molecule has 2 aromatic carbocycles. The van der Waals surface area contributed by atoms with Gasteiger partial charge in [0.2, 0.25) is 5.91 Å². The average molecular weight is 345 g/mol. The standard InChI is InChI=1S/C19H20FNO4/c1-14(22)21-18(15-5-3-2-4-6-15)13-19(23)25-12-11-24-17-9-7-16(20)8-10-17/h2-10,18H,11-13H2,1H3,(H,21,22)/t18-/m0/s1. The van der Waals surface area contributed by atoms with Crippen molar-refractivity contribution in [2.24, 2.45) is 0 Å². The summed E-state index contributed by atoms with van der Waals surface area (Å²) in [5, 5.41) is 2.74. The summed E-state index contributed by atoms with van der Waals surface area (Å²) in [7, 11) is 0. The van der Waals surface area contributed by atoms with Gasteiger partial charge >= 0.3 is 5.97 Å². The Morgan fingerprint density at radius 2 is 1.72 bits per heavy atom. The van der Waals surface area contributed by atoms with Gasteiger partial charge in [-0.3, -0.25) is 9.59 Å². The van der Waals surface area contributed by atoms with Crippen LogP contribution in [0.5, 0.6) is 5.75 Å². The first-order chi connectivity index (χ1) is 12.0. The van der Waals surface area contributed by atoms with Crippen LogP contribution in [0.25, 0.3) is 0 Å². The molecule has 0 fully saturated rings. The molecule has 0 spiro atoms. The summed E-state index contributed by atoms with van der Waals surface area (Å²) < 4.78 is 23.3. The van der Waals surface area contributed by atoms with E-state index in [1.54, 1.807) is 0 Å². The van der Waals surface area contributed by atoms with Crippen LogP contribution in [0, 0.1) is 5.82 Å². The Morgan fingerprint density at radius 3 is 2.36 bits per heavy atom. The van der Waals surface area contributed by atoms with Gasteiger partial charge in [0, 0.05) is 6.92 Å². The highest BCUT2D eigenvalue weighted by atomic mass is 19.1. The second-order valence-electron chi connectivity index (χ2n) is 5.39. The normalized spacial score (nSPS) is 11.4. The quantitative estimate of drug-likeness (QED) is 0.590. The number of carbonyl (C=O) groups excluding carboxylic acids is 2. The van der Waals surface area contributed by atoms with E-state index in [1.807, 2.05) is 30.3 Å². The molecule has 2 aromatic rings. The molecule has 2 rings (SSSR count). The predicted molar refractivity (Wildman–Crippen MR) is 90.5 cm³/mol. The Bertz CT molecular complexity index is 688. The van der Waals surface area contributed by atoms with Gasteiger partial charge < -0.3 is 14.8 Å². The molecule has 1 amide bonds. The molecule has 0 aliphatic rings. The molecule has 25 heavy (non-hydrogen) atoms. The van der Waals surface area contributed by atoms with Crippen LogP contribution in [-0.4, -0.2) is 25.1 Å². The Morgan fingerprint density at radius 1 is 1.04 bits per heavy atom. The lowest BCUT2D eigenvalue weighted by atomic mass is 10.0. The number of esters is 1. The molecule has 0 radical (unpaired) electrons. The van der Waals surface area contributed by atoms with Crippen molar-refractivity contribution in [3.63, 3.8) is 0 Å². The number of nitrogens with one attached hydrogen (secondary N) is 1. The summed E-state index contributed by atoms with van der Waals surface area (Å²) in [5.41, 5.74) is 0.831. The van der Waals surface area contributed by atoms with E-state index in [9.17, 15) is 14.0 Å². The minimum Gasteiger partial charge on any atom is -0.490 e. The van der Waals surface area contributed by atoms with Gasteiger partial charge in [-0.2, -0.15) is 0 Å². The van der Waals surface area contributed by atoms with E-state index in [-0.39, 0.29) is 31.4 Å². The van der Waals surface area contributed by atoms with Gasteiger partial charge in [-0.1, -0.05) is 30.3 Å². The zero-order valence-electron chi connectivity index (χ0n) is 13.9. The smallest absolute Gasteiger partial charge is 0.308 e. The SMILES string of the molecule is CC(=O)N[C@@H](CC(=O)OCCOc1ccc(F)cc1)c1ccccc1. The van der Waals surface area contributed by atoms with Crippen LogP contribution >= 0.6 is 0 Å². The van der Waals surface area contributed by atoms with Crippen molar-refractivity contribution < 1.29 is 23.5 Å². The molecule has 0 aromatic heterocycles. The second kappa shape index (κ2) is 9.42. The molecule has 0 saturated heterocycles. The van der Waals surface area contributed by atoms with Gasteiger partial charge in [0.25, 0.3) is 0 Å². The van der Waals surface area contributed by atoms with Crippen LogP contribution in [-0.2, 0) is 14.3 Å². The lowest BCUT2D eigenvalue weighted by Crippen LogP contribution is -2.28. The average Bonchev–Trinajstić information content (AvgIpc) is 2.60. The zero-order valence-corrected chi connectivity index (χ0v) is 13.9. The second-order valence-corrected chi connectivity index (χ2v) is 5.39. The summed E-state index contributed by atoms with van der Waals surface area (Å²) in [4.78, 5) is 23.3. The highest BCUT2D eigenvalue weighted by molar-refractivity contribution is 5.76. The summed E-state index contributed by atoms with van der Waals surface area (Å²) in [5.74, 6) is -0.506. The minimum absolute atomic E-state index is 0.0279. The fraction of sp³-hybridized carbons (Fsp3) is 0.263. The number of halogens is 1. The number of rotatable bonds is 8. The lowest BCUT2D eigenvalue weighted by Gasteiger charge is -2.17. The monoisotopic (exact) mass is 345 g/mol. The van der Waals surface area contributed by atoms with Crippen LogP contribution in [0.3, 0.4) is 0 Å². The Hall–Kier alpha value is -2.89. The zero-order chi connectivity index (χ0) is 18.1. The van der Waals surface area contributed by atoms with Gasteiger partial charge in [0.15, 0.2) is 0 Å². The van der Waals surface area contributed by atoms with E-state index < -0.39 is 12.0 Å². The highest BCUT2D eigenvalue weighted by Crippen LogP contribution is 2.17. The Kier molecular flexibility index (Phi) is 6.95. The molecule has 0 saturated carbocycles. The van der Waals surface area contributed by atoms with E-state index in [4.69, 9.17) is 9.47 Å². The highest BCUT2D eigenvalue weighted by Gasteiger charge is 2.17. The first-order valence-electron chi connectivity index (χ1n) is 7.90. The summed E-state index contributed by atoms with van der Waals surface area (Å²) in [6.45, 7) is 1.63. The maximum absolute atomic E-state index is 12.8. The third kappa shape index (κ3) is 6.63.